The molecule has 35 heavy (non-hydrogen) atoms. The molecule has 0 aromatic carbocycles. The van der Waals surface area contributed by atoms with Crippen LogP contribution in [-0.2, 0) is 19.5 Å². The SMILES string of the molecule is CCCC[N+](CCCC)(CCCC)CCCC.CCCC[N+](CCCC)(CCCC)CCCC.[Zn+2]. The zero-order valence-electron chi connectivity index (χ0n) is 26.6. The number of rotatable bonds is 24. The van der Waals surface area contributed by atoms with E-state index in [9.17, 15) is 0 Å². The zero-order valence-corrected chi connectivity index (χ0v) is 29.5. The molecule has 3 heteroatoms. The van der Waals surface area contributed by atoms with Crippen LogP contribution in [0.2, 0.25) is 0 Å². The second kappa shape index (κ2) is 29.1. The molecule has 0 spiro atoms. The van der Waals surface area contributed by atoms with Crippen LogP contribution in [-0.4, -0.2) is 61.3 Å². The number of unbranched alkanes of at least 4 members (excludes halogenated alkanes) is 8. The molecule has 208 valence electrons. The van der Waals surface area contributed by atoms with Crippen LogP contribution in [0.15, 0.2) is 0 Å². The third-order valence-corrected chi connectivity index (χ3v) is 7.89. The van der Waals surface area contributed by atoms with Gasteiger partial charge in [-0.05, 0) is 51.4 Å². The van der Waals surface area contributed by atoms with E-state index in [-0.39, 0.29) is 19.5 Å². The van der Waals surface area contributed by atoms with Crippen molar-refractivity contribution in [2.24, 2.45) is 0 Å². The van der Waals surface area contributed by atoms with Crippen molar-refractivity contribution in [3.05, 3.63) is 0 Å². The Kier molecular flexibility index (Phi) is 33.3. The standard InChI is InChI=1S/2C16H36N.Zn/c2*1-5-9-13-17(14-10-6-2,15-11-7-3)16-12-8-4;/h2*5-16H2,1-4H3;/q2*+1;+2. The van der Waals surface area contributed by atoms with E-state index in [1.54, 1.807) is 0 Å². The smallest absolute Gasteiger partial charge is 0.324 e. The average Bonchev–Trinajstić information content (AvgIpc) is 2.87. The Balaban J connectivity index is -0.000000569. The Hall–Kier alpha value is 0.543. The maximum atomic E-state index is 2.33. The third kappa shape index (κ3) is 22.3. The summed E-state index contributed by atoms with van der Waals surface area (Å²) in [6.07, 6.45) is 22.1. The van der Waals surface area contributed by atoms with Crippen LogP contribution in [0.5, 0.6) is 0 Å². The molecule has 0 saturated heterocycles. The molecule has 0 aromatic rings. The monoisotopic (exact) mass is 548 g/mol. The summed E-state index contributed by atoms with van der Waals surface area (Å²) in [7, 11) is 0. The maximum absolute atomic E-state index is 2.33. The molecule has 0 aliphatic carbocycles. The Morgan fingerprint density at radius 1 is 0.257 bits per heavy atom. The Labute approximate surface area is 238 Å². The molecular formula is C32H72N2Zn+4. The van der Waals surface area contributed by atoms with E-state index >= 15 is 0 Å². The Bertz CT molecular complexity index is 275. The molecule has 0 bridgehead atoms. The van der Waals surface area contributed by atoms with E-state index in [1.807, 2.05) is 0 Å². The summed E-state index contributed by atoms with van der Waals surface area (Å²) in [6, 6.07) is 0. The molecule has 0 atom stereocenters. The zero-order chi connectivity index (χ0) is 26.0. The largest absolute Gasteiger partial charge is 2.00 e. The van der Waals surface area contributed by atoms with E-state index in [2.05, 4.69) is 55.4 Å². The van der Waals surface area contributed by atoms with Gasteiger partial charge in [0.05, 0.1) is 52.4 Å². The van der Waals surface area contributed by atoms with Crippen molar-refractivity contribution in [3.63, 3.8) is 0 Å². The topological polar surface area (TPSA) is 0 Å². The van der Waals surface area contributed by atoms with Gasteiger partial charge in [-0.2, -0.15) is 0 Å². The van der Waals surface area contributed by atoms with Crippen molar-refractivity contribution in [3.8, 4) is 0 Å². The van der Waals surface area contributed by atoms with Crippen molar-refractivity contribution in [2.45, 2.75) is 158 Å². The summed E-state index contributed by atoms with van der Waals surface area (Å²) in [6.45, 7) is 30.0. The van der Waals surface area contributed by atoms with Gasteiger partial charge in [0.15, 0.2) is 0 Å². The van der Waals surface area contributed by atoms with Gasteiger partial charge in [-0.25, -0.2) is 0 Å². The van der Waals surface area contributed by atoms with E-state index in [1.165, 1.54) is 164 Å². The van der Waals surface area contributed by atoms with Crippen molar-refractivity contribution < 1.29 is 28.4 Å². The molecule has 0 aliphatic heterocycles. The quantitative estimate of drug-likeness (QED) is 0.0829. The van der Waals surface area contributed by atoms with Gasteiger partial charge in [-0.1, -0.05) is 107 Å². The molecule has 0 aromatic heterocycles. The minimum atomic E-state index is 0. The summed E-state index contributed by atoms with van der Waals surface area (Å²) < 4.78 is 2.84. The number of hydrogen-bond donors (Lipinski definition) is 0. The summed E-state index contributed by atoms with van der Waals surface area (Å²) in [5.41, 5.74) is 0. The fourth-order valence-electron chi connectivity index (χ4n) is 5.29. The van der Waals surface area contributed by atoms with Gasteiger partial charge in [0, 0.05) is 0 Å². The van der Waals surface area contributed by atoms with Gasteiger partial charge in [0.25, 0.3) is 0 Å². The van der Waals surface area contributed by atoms with Gasteiger partial charge in [0.1, 0.15) is 0 Å². The van der Waals surface area contributed by atoms with E-state index < -0.39 is 0 Å². The van der Waals surface area contributed by atoms with Crippen molar-refractivity contribution >= 4 is 0 Å². The van der Waals surface area contributed by atoms with Crippen molar-refractivity contribution in [2.75, 3.05) is 52.4 Å². The first kappa shape index (κ1) is 40.0. The molecule has 0 aliphatic rings. The number of quaternary nitrogens is 2. The summed E-state index contributed by atoms with van der Waals surface area (Å²) in [5, 5.41) is 0. The summed E-state index contributed by atoms with van der Waals surface area (Å²) in [4.78, 5) is 0. The van der Waals surface area contributed by atoms with Crippen molar-refractivity contribution in [1.29, 1.82) is 0 Å². The van der Waals surface area contributed by atoms with Crippen LogP contribution in [0.3, 0.4) is 0 Å². The summed E-state index contributed by atoms with van der Waals surface area (Å²) in [5.74, 6) is 0. The van der Waals surface area contributed by atoms with Gasteiger partial charge < -0.3 is 8.97 Å². The maximum Gasteiger partial charge on any atom is 2.00 e. The van der Waals surface area contributed by atoms with Gasteiger partial charge >= 0.3 is 19.5 Å². The molecule has 2 nitrogen and oxygen atoms in total. The first-order valence-electron chi connectivity index (χ1n) is 16.2. The third-order valence-electron chi connectivity index (χ3n) is 7.89. The molecule has 0 rings (SSSR count). The van der Waals surface area contributed by atoms with Crippen LogP contribution in [0.4, 0.5) is 0 Å². The predicted molar refractivity (Wildman–Crippen MR) is 159 cm³/mol. The van der Waals surface area contributed by atoms with Gasteiger partial charge in [0.2, 0.25) is 0 Å². The van der Waals surface area contributed by atoms with Crippen LogP contribution in [0.1, 0.15) is 158 Å². The fourth-order valence-corrected chi connectivity index (χ4v) is 5.29. The predicted octanol–water partition coefficient (Wildman–Crippen LogP) is 10.0. The van der Waals surface area contributed by atoms with Gasteiger partial charge in [-0.3, -0.25) is 0 Å². The summed E-state index contributed by atoms with van der Waals surface area (Å²) >= 11 is 0. The molecule has 0 radical (unpaired) electrons. The molecular weight excluding hydrogens is 478 g/mol. The first-order chi connectivity index (χ1) is 16.5. The normalized spacial score (nSPS) is 11.7. The minimum Gasteiger partial charge on any atom is -0.324 e. The Morgan fingerprint density at radius 2 is 0.371 bits per heavy atom. The molecule has 0 amide bonds. The second-order valence-electron chi connectivity index (χ2n) is 11.3. The molecule has 0 unspecified atom stereocenters. The first-order valence-corrected chi connectivity index (χ1v) is 16.2. The Morgan fingerprint density at radius 3 is 0.457 bits per heavy atom. The van der Waals surface area contributed by atoms with Crippen molar-refractivity contribution in [1.82, 2.24) is 0 Å². The number of nitrogens with zero attached hydrogens (tertiary/aromatic N) is 2. The van der Waals surface area contributed by atoms with Crippen LogP contribution in [0, 0.1) is 0 Å². The fraction of sp³-hybridized carbons (Fsp3) is 1.00. The van der Waals surface area contributed by atoms with Gasteiger partial charge in [-0.15, -0.1) is 0 Å². The van der Waals surface area contributed by atoms with Crippen LogP contribution in [0.25, 0.3) is 0 Å². The second-order valence-corrected chi connectivity index (χ2v) is 11.3. The van der Waals surface area contributed by atoms with E-state index in [0.29, 0.717) is 0 Å². The average molecular weight is 550 g/mol. The van der Waals surface area contributed by atoms with Crippen LogP contribution >= 0.6 is 0 Å². The van der Waals surface area contributed by atoms with E-state index in [0.717, 1.165) is 0 Å². The molecule has 0 heterocycles. The van der Waals surface area contributed by atoms with E-state index in [4.69, 9.17) is 0 Å². The number of hydrogen-bond acceptors (Lipinski definition) is 0. The molecule has 0 saturated carbocycles. The molecule has 0 N–H and O–H groups in total. The minimum absolute atomic E-state index is 0. The molecule has 0 fully saturated rings. The van der Waals surface area contributed by atoms with Crippen LogP contribution < -0.4 is 0 Å².